The second-order valence-corrected chi connectivity index (χ2v) is 4.70. The van der Waals surface area contributed by atoms with Crippen LogP contribution in [0.3, 0.4) is 0 Å². The Kier molecular flexibility index (Phi) is 3.54. The third-order valence-electron chi connectivity index (χ3n) is 3.52. The van der Waals surface area contributed by atoms with Gasteiger partial charge in [-0.1, -0.05) is 12.1 Å². The fraction of sp³-hybridized carbons (Fsp3) is 0.267. The van der Waals surface area contributed by atoms with Gasteiger partial charge in [0.15, 0.2) is 0 Å². The molecule has 0 aliphatic rings. The average Bonchev–Trinajstić information content (AvgIpc) is 3.11. The van der Waals surface area contributed by atoms with Crippen molar-refractivity contribution in [2.75, 3.05) is 0 Å². The lowest BCUT2D eigenvalue weighted by Crippen LogP contribution is -2.30. The molecular weight excluding hydrogens is 252 g/mol. The van der Waals surface area contributed by atoms with Crippen LogP contribution in [0.4, 0.5) is 0 Å². The van der Waals surface area contributed by atoms with Crippen LogP contribution < -0.4 is 11.3 Å². The summed E-state index contributed by atoms with van der Waals surface area (Å²) in [6.45, 7) is 3.00. The van der Waals surface area contributed by atoms with E-state index in [1.54, 1.807) is 6.26 Å². The Morgan fingerprint density at radius 2 is 2.15 bits per heavy atom. The molecule has 0 saturated carbocycles. The van der Waals surface area contributed by atoms with Crippen molar-refractivity contribution in [1.29, 1.82) is 0 Å². The summed E-state index contributed by atoms with van der Waals surface area (Å²) in [5.41, 5.74) is 4.97. The molecule has 2 heterocycles. The highest BCUT2D eigenvalue weighted by molar-refractivity contribution is 5.75. The second kappa shape index (κ2) is 5.48. The number of aromatic nitrogens is 2. The topological polar surface area (TPSA) is 69.0 Å². The van der Waals surface area contributed by atoms with E-state index in [0.29, 0.717) is 6.42 Å². The molecule has 3 rings (SSSR count). The van der Waals surface area contributed by atoms with E-state index in [9.17, 15) is 0 Å². The molecule has 0 spiro atoms. The maximum absolute atomic E-state index is 5.65. The molecule has 5 nitrogen and oxygen atoms in total. The fourth-order valence-electron chi connectivity index (χ4n) is 2.55. The number of nitrogens with one attached hydrogen (secondary N) is 1. The Balaban J connectivity index is 1.97. The van der Waals surface area contributed by atoms with Crippen LogP contribution in [0.1, 0.15) is 24.6 Å². The minimum absolute atomic E-state index is 0.0767. The van der Waals surface area contributed by atoms with Crippen molar-refractivity contribution in [3.05, 3.63) is 54.2 Å². The zero-order valence-corrected chi connectivity index (χ0v) is 11.4. The lowest BCUT2D eigenvalue weighted by atomic mass is 10.1. The Morgan fingerprint density at radius 1 is 1.30 bits per heavy atom. The van der Waals surface area contributed by atoms with E-state index in [1.807, 2.05) is 30.3 Å². The molecule has 0 aliphatic heterocycles. The van der Waals surface area contributed by atoms with Crippen molar-refractivity contribution in [3.63, 3.8) is 0 Å². The Hall–Kier alpha value is -2.11. The van der Waals surface area contributed by atoms with Crippen LogP contribution in [0.25, 0.3) is 11.0 Å². The van der Waals surface area contributed by atoms with Crippen molar-refractivity contribution in [1.82, 2.24) is 15.0 Å². The number of para-hydroxylation sites is 2. The van der Waals surface area contributed by atoms with Gasteiger partial charge in [0, 0.05) is 13.0 Å². The number of furan rings is 1. The molecule has 0 bridgehead atoms. The summed E-state index contributed by atoms with van der Waals surface area (Å²) in [6.07, 6.45) is 2.34. The van der Waals surface area contributed by atoms with E-state index in [1.165, 1.54) is 0 Å². The minimum atomic E-state index is -0.0767. The van der Waals surface area contributed by atoms with E-state index in [4.69, 9.17) is 15.2 Å². The molecule has 0 fully saturated rings. The maximum atomic E-state index is 5.65. The quantitative estimate of drug-likeness (QED) is 0.552. The molecule has 5 heteroatoms. The summed E-state index contributed by atoms with van der Waals surface area (Å²) < 4.78 is 7.64. The molecule has 0 amide bonds. The first kappa shape index (κ1) is 12.9. The molecule has 0 saturated heterocycles. The first-order chi connectivity index (χ1) is 9.83. The highest BCUT2D eigenvalue weighted by atomic mass is 16.3. The van der Waals surface area contributed by atoms with Crippen molar-refractivity contribution < 1.29 is 4.42 Å². The molecule has 3 N–H and O–H groups in total. The Labute approximate surface area is 117 Å². The van der Waals surface area contributed by atoms with Gasteiger partial charge in [0.1, 0.15) is 11.6 Å². The Bertz CT molecular complexity index is 687. The summed E-state index contributed by atoms with van der Waals surface area (Å²) in [7, 11) is 0. The molecular formula is C15H18N4O. The van der Waals surface area contributed by atoms with Gasteiger partial charge in [0.2, 0.25) is 0 Å². The zero-order valence-electron chi connectivity index (χ0n) is 11.4. The predicted molar refractivity (Wildman–Crippen MR) is 77.9 cm³/mol. The number of imidazole rings is 1. The van der Waals surface area contributed by atoms with Gasteiger partial charge >= 0.3 is 0 Å². The number of rotatable bonds is 5. The normalized spacial score (nSPS) is 12.9. The van der Waals surface area contributed by atoms with E-state index in [0.717, 1.165) is 29.2 Å². The van der Waals surface area contributed by atoms with E-state index in [-0.39, 0.29) is 6.04 Å². The highest BCUT2D eigenvalue weighted by Gasteiger charge is 2.18. The summed E-state index contributed by atoms with van der Waals surface area (Å²) >= 11 is 0. The summed E-state index contributed by atoms with van der Waals surface area (Å²) in [4.78, 5) is 4.71. The summed E-state index contributed by atoms with van der Waals surface area (Å²) in [5, 5.41) is 0. The average molecular weight is 270 g/mol. The van der Waals surface area contributed by atoms with Gasteiger partial charge in [-0.25, -0.2) is 10.4 Å². The Morgan fingerprint density at radius 3 is 2.85 bits per heavy atom. The molecule has 0 aliphatic carbocycles. The van der Waals surface area contributed by atoms with Gasteiger partial charge < -0.3 is 8.98 Å². The van der Waals surface area contributed by atoms with E-state index >= 15 is 0 Å². The van der Waals surface area contributed by atoms with Gasteiger partial charge in [0.05, 0.1) is 23.3 Å². The van der Waals surface area contributed by atoms with Gasteiger partial charge in [-0.2, -0.15) is 0 Å². The van der Waals surface area contributed by atoms with E-state index in [2.05, 4.69) is 23.0 Å². The number of nitrogens with two attached hydrogens (primary N) is 1. The molecule has 0 radical (unpaired) electrons. The van der Waals surface area contributed by atoms with Gasteiger partial charge in [-0.15, -0.1) is 0 Å². The van der Waals surface area contributed by atoms with Crippen LogP contribution in [0.15, 0.2) is 47.1 Å². The standard InChI is InChI=1S/C15H18N4O/c1-2-19-13-7-4-3-6-11(13)17-15(19)10-12(18-16)14-8-5-9-20-14/h3-9,12,18H,2,10,16H2,1H3. The minimum Gasteiger partial charge on any atom is -0.468 e. The number of hydrazine groups is 1. The number of benzene rings is 1. The van der Waals surface area contributed by atoms with Crippen molar-refractivity contribution >= 4 is 11.0 Å². The summed E-state index contributed by atoms with van der Waals surface area (Å²) in [5.74, 6) is 7.48. The molecule has 2 aromatic heterocycles. The first-order valence-corrected chi connectivity index (χ1v) is 6.77. The highest BCUT2D eigenvalue weighted by Crippen LogP contribution is 2.22. The molecule has 1 unspecified atom stereocenters. The van der Waals surface area contributed by atoms with Crippen LogP contribution in [0, 0.1) is 0 Å². The van der Waals surface area contributed by atoms with Crippen LogP contribution in [-0.4, -0.2) is 9.55 Å². The third kappa shape index (κ3) is 2.21. The van der Waals surface area contributed by atoms with E-state index < -0.39 is 0 Å². The largest absolute Gasteiger partial charge is 0.468 e. The van der Waals surface area contributed by atoms with Crippen LogP contribution in [0.2, 0.25) is 0 Å². The number of nitrogens with zero attached hydrogens (tertiary/aromatic N) is 2. The van der Waals surface area contributed by atoms with Crippen molar-refractivity contribution in [2.45, 2.75) is 25.9 Å². The van der Waals surface area contributed by atoms with Gasteiger partial charge in [0.25, 0.3) is 0 Å². The SMILES string of the molecule is CCn1c(CC(NN)c2ccco2)nc2ccccc21. The third-order valence-corrected chi connectivity index (χ3v) is 3.52. The smallest absolute Gasteiger partial charge is 0.122 e. The second-order valence-electron chi connectivity index (χ2n) is 4.70. The molecule has 104 valence electrons. The van der Waals surface area contributed by atoms with Gasteiger partial charge in [-0.05, 0) is 31.2 Å². The molecule has 1 atom stereocenters. The molecule has 1 aromatic carbocycles. The zero-order chi connectivity index (χ0) is 13.9. The van der Waals surface area contributed by atoms with Crippen molar-refractivity contribution in [2.24, 2.45) is 5.84 Å². The molecule has 20 heavy (non-hydrogen) atoms. The summed E-state index contributed by atoms with van der Waals surface area (Å²) in [6, 6.07) is 11.9. The first-order valence-electron chi connectivity index (χ1n) is 6.77. The maximum Gasteiger partial charge on any atom is 0.122 e. The number of hydrogen-bond acceptors (Lipinski definition) is 4. The number of hydrogen-bond donors (Lipinski definition) is 2. The lowest BCUT2D eigenvalue weighted by molar-refractivity contribution is 0.408. The van der Waals surface area contributed by atoms with Crippen LogP contribution >= 0.6 is 0 Å². The van der Waals surface area contributed by atoms with Crippen LogP contribution in [-0.2, 0) is 13.0 Å². The monoisotopic (exact) mass is 270 g/mol. The van der Waals surface area contributed by atoms with Crippen LogP contribution in [0.5, 0.6) is 0 Å². The van der Waals surface area contributed by atoms with Crippen molar-refractivity contribution in [3.8, 4) is 0 Å². The number of fused-ring (bicyclic) bond motifs is 1. The number of aryl methyl sites for hydroxylation is 1. The van der Waals surface area contributed by atoms with Gasteiger partial charge in [-0.3, -0.25) is 5.84 Å². The molecule has 3 aromatic rings. The lowest BCUT2D eigenvalue weighted by Gasteiger charge is -2.14. The fourth-order valence-corrected chi connectivity index (χ4v) is 2.55. The predicted octanol–water partition coefficient (Wildman–Crippen LogP) is 2.40.